The number of nitrogens with zero attached hydrogens (tertiary/aromatic N) is 1. The standard InChI is InChI=1S/C17H25NO4/c1-12(2)18(4)17(21)22-15-10-8-14(9-11-15)16(20)7-5-6-13(3)19/h8-12,16,20H,5-7H2,1-4H3. The Morgan fingerprint density at radius 3 is 2.32 bits per heavy atom. The smallest absolute Gasteiger partial charge is 0.410 e. The van der Waals surface area contributed by atoms with E-state index in [9.17, 15) is 14.7 Å². The molecule has 0 aliphatic rings. The summed E-state index contributed by atoms with van der Waals surface area (Å²) in [5, 5.41) is 10.0. The largest absolute Gasteiger partial charge is 0.415 e. The Labute approximate surface area is 131 Å². The SMILES string of the molecule is CC(=O)CCCC(O)c1ccc(OC(=O)N(C)C(C)C)cc1. The molecule has 0 spiro atoms. The fourth-order valence-electron chi connectivity index (χ4n) is 1.85. The maximum atomic E-state index is 11.8. The van der Waals surface area contributed by atoms with Crippen molar-refractivity contribution in [1.29, 1.82) is 0 Å². The molecule has 1 unspecified atom stereocenters. The van der Waals surface area contributed by atoms with Crippen LogP contribution in [0.3, 0.4) is 0 Å². The topological polar surface area (TPSA) is 66.8 Å². The lowest BCUT2D eigenvalue weighted by molar-refractivity contribution is -0.117. The molecule has 1 N–H and O–H groups in total. The van der Waals surface area contributed by atoms with Gasteiger partial charge in [0.15, 0.2) is 0 Å². The van der Waals surface area contributed by atoms with Crippen LogP contribution in [0.5, 0.6) is 5.75 Å². The summed E-state index contributed by atoms with van der Waals surface area (Å²) in [4.78, 5) is 24.2. The third-order valence-electron chi connectivity index (χ3n) is 3.54. The average Bonchev–Trinajstić information content (AvgIpc) is 2.46. The minimum absolute atomic E-state index is 0.0647. The first-order valence-corrected chi connectivity index (χ1v) is 7.53. The first-order valence-electron chi connectivity index (χ1n) is 7.53. The molecule has 0 fully saturated rings. The molecule has 0 saturated carbocycles. The van der Waals surface area contributed by atoms with Crippen molar-refractivity contribution in [3.8, 4) is 5.75 Å². The van der Waals surface area contributed by atoms with Crippen molar-refractivity contribution in [3.63, 3.8) is 0 Å². The van der Waals surface area contributed by atoms with Crippen LogP contribution in [0.25, 0.3) is 0 Å². The van der Waals surface area contributed by atoms with Gasteiger partial charge in [-0.3, -0.25) is 0 Å². The van der Waals surface area contributed by atoms with Crippen LogP contribution in [0.4, 0.5) is 4.79 Å². The summed E-state index contributed by atoms with van der Waals surface area (Å²) in [5.74, 6) is 0.570. The van der Waals surface area contributed by atoms with Crippen LogP contribution in [-0.2, 0) is 4.79 Å². The van der Waals surface area contributed by atoms with E-state index in [4.69, 9.17) is 4.74 Å². The second-order valence-corrected chi connectivity index (χ2v) is 5.75. The van der Waals surface area contributed by atoms with Crippen LogP contribution in [0.15, 0.2) is 24.3 Å². The normalized spacial score (nSPS) is 12.1. The number of carbonyl (C=O) groups excluding carboxylic acids is 2. The quantitative estimate of drug-likeness (QED) is 0.839. The molecule has 0 aromatic heterocycles. The summed E-state index contributed by atoms with van der Waals surface area (Å²) in [6.45, 7) is 5.35. The number of hydrogen-bond donors (Lipinski definition) is 1. The maximum absolute atomic E-state index is 11.8. The third kappa shape index (κ3) is 5.85. The fourth-order valence-corrected chi connectivity index (χ4v) is 1.85. The van der Waals surface area contributed by atoms with Crippen molar-refractivity contribution in [1.82, 2.24) is 4.90 Å². The van der Waals surface area contributed by atoms with Crippen molar-refractivity contribution in [2.24, 2.45) is 0 Å². The molecular formula is C17H25NO4. The number of benzene rings is 1. The maximum Gasteiger partial charge on any atom is 0.415 e. The first kappa shape index (κ1) is 18.2. The Bertz CT molecular complexity index is 496. The molecule has 1 atom stereocenters. The van der Waals surface area contributed by atoms with Gasteiger partial charge < -0.3 is 19.5 Å². The third-order valence-corrected chi connectivity index (χ3v) is 3.54. The molecule has 0 saturated heterocycles. The van der Waals surface area contributed by atoms with Crippen molar-refractivity contribution in [2.75, 3.05) is 7.05 Å². The highest BCUT2D eigenvalue weighted by Crippen LogP contribution is 2.22. The molecule has 1 amide bonds. The van der Waals surface area contributed by atoms with E-state index in [1.54, 1.807) is 38.2 Å². The predicted molar refractivity (Wildman–Crippen MR) is 84.9 cm³/mol. The van der Waals surface area contributed by atoms with E-state index in [1.165, 1.54) is 4.90 Å². The van der Waals surface area contributed by atoms with E-state index in [1.807, 2.05) is 13.8 Å². The number of hydrogen-bond acceptors (Lipinski definition) is 4. The van der Waals surface area contributed by atoms with Gasteiger partial charge in [-0.2, -0.15) is 0 Å². The molecule has 122 valence electrons. The number of rotatable bonds is 7. The Hall–Kier alpha value is -1.88. The molecule has 1 aromatic rings. The zero-order valence-electron chi connectivity index (χ0n) is 13.7. The zero-order chi connectivity index (χ0) is 16.7. The number of amides is 1. The summed E-state index contributed by atoms with van der Waals surface area (Å²) in [6, 6.07) is 6.85. The Morgan fingerprint density at radius 2 is 1.82 bits per heavy atom. The van der Waals surface area contributed by atoms with Gasteiger partial charge in [0, 0.05) is 19.5 Å². The average molecular weight is 307 g/mol. The molecule has 0 heterocycles. The Kier molecular flexibility index (Phi) is 7.05. The van der Waals surface area contributed by atoms with Gasteiger partial charge in [-0.05, 0) is 51.3 Å². The van der Waals surface area contributed by atoms with Crippen LogP contribution in [0, 0.1) is 0 Å². The van der Waals surface area contributed by atoms with Crippen molar-refractivity contribution < 1.29 is 19.4 Å². The lowest BCUT2D eigenvalue weighted by atomic mass is 10.0. The first-order chi connectivity index (χ1) is 10.3. The Balaban J connectivity index is 2.55. The monoisotopic (exact) mass is 307 g/mol. The second-order valence-electron chi connectivity index (χ2n) is 5.75. The minimum atomic E-state index is -0.609. The molecule has 5 heteroatoms. The van der Waals surface area contributed by atoms with Crippen molar-refractivity contribution in [3.05, 3.63) is 29.8 Å². The van der Waals surface area contributed by atoms with Gasteiger partial charge in [0.05, 0.1) is 6.10 Å². The number of ether oxygens (including phenoxy) is 1. The number of Topliss-reactive ketones (excluding diaryl/α,β-unsaturated/α-hetero) is 1. The summed E-state index contributed by atoms with van der Waals surface area (Å²) in [5.41, 5.74) is 0.751. The van der Waals surface area contributed by atoms with E-state index in [-0.39, 0.29) is 11.8 Å². The fraction of sp³-hybridized carbons (Fsp3) is 0.529. The molecule has 0 aliphatic heterocycles. The van der Waals surface area contributed by atoms with Gasteiger partial charge in [-0.15, -0.1) is 0 Å². The molecule has 22 heavy (non-hydrogen) atoms. The van der Waals surface area contributed by atoms with Gasteiger partial charge in [-0.1, -0.05) is 12.1 Å². The summed E-state index contributed by atoms with van der Waals surface area (Å²) in [7, 11) is 1.68. The predicted octanol–water partition coefficient (Wildman–Crippen LogP) is 3.32. The van der Waals surface area contributed by atoms with Crippen molar-refractivity contribution >= 4 is 11.9 Å². The van der Waals surface area contributed by atoms with Gasteiger partial charge >= 0.3 is 6.09 Å². The van der Waals surface area contributed by atoms with E-state index in [0.29, 0.717) is 25.0 Å². The summed E-state index contributed by atoms with van der Waals surface area (Å²) < 4.78 is 5.25. The molecule has 5 nitrogen and oxygen atoms in total. The van der Waals surface area contributed by atoms with Gasteiger partial charge in [0.25, 0.3) is 0 Å². The molecule has 0 aliphatic carbocycles. The van der Waals surface area contributed by atoms with Gasteiger partial charge in [-0.25, -0.2) is 4.79 Å². The van der Waals surface area contributed by atoms with E-state index >= 15 is 0 Å². The van der Waals surface area contributed by atoms with Crippen LogP contribution < -0.4 is 4.74 Å². The van der Waals surface area contributed by atoms with Crippen LogP contribution in [-0.4, -0.2) is 35.0 Å². The zero-order valence-corrected chi connectivity index (χ0v) is 13.7. The lowest BCUT2D eigenvalue weighted by Crippen LogP contribution is -2.35. The van der Waals surface area contributed by atoms with Crippen LogP contribution in [0.1, 0.15) is 51.7 Å². The highest BCUT2D eigenvalue weighted by molar-refractivity contribution is 5.75. The molecule has 1 aromatic carbocycles. The molecule has 0 bridgehead atoms. The van der Waals surface area contributed by atoms with E-state index in [2.05, 4.69) is 0 Å². The number of carbonyl (C=O) groups is 2. The van der Waals surface area contributed by atoms with Crippen LogP contribution >= 0.6 is 0 Å². The number of aliphatic hydroxyl groups is 1. The van der Waals surface area contributed by atoms with E-state index < -0.39 is 12.2 Å². The highest BCUT2D eigenvalue weighted by atomic mass is 16.6. The summed E-state index contributed by atoms with van der Waals surface area (Å²) in [6.07, 6.45) is 0.655. The van der Waals surface area contributed by atoms with Gasteiger partial charge in [0.2, 0.25) is 0 Å². The molecule has 0 radical (unpaired) electrons. The number of aliphatic hydroxyl groups excluding tert-OH is 1. The summed E-state index contributed by atoms with van der Waals surface area (Å²) >= 11 is 0. The molecular weight excluding hydrogens is 282 g/mol. The minimum Gasteiger partial charge on any atom is -0.410 e. The van der Waals surface area contributed by atoms with E-state index in [0.717, 1.165) is 5.56 Å². The lowest BCUT2D eigenvalue weighted by Gasteiger charge is -2.20. The second kappa shape index (κ2) is 8.54. The van der Waals surface area contributed by atoms with Crippen molar-refractivity contribution in [2.45, 2.75) is 52.2 Å². The van der Waals surface area contributed by atoms with Gasteiger partial charge in [0.1, 0.15) is 11.5 Å². The highest BCUT2D eigenvalue weighted by Gasteiger charge is 2.14. The number of ketones is 1. The Morgan fingerprint density at radius 1 is 1.23 bits per heavy atom. The molecule has 1 rings (SSSR count). The van der Waals surface area contributed by atoms with Crippen LogP contribution in [0.2, 0.25) is 0 Å².